The molecule has 0 spiro atoms. The van der Waals surface area contributed by atoms with Crippen molar-refractivity contribution in [3.05, 3.63) is 23.4 Å². The van der Waals surface area contributed by atoms with Crippen molar-refractivity contribution in [2.75, 3.05) is 19.6 Å². The summed E-state index contributed by atoms with van der Waals surface area (Å²) >= 11 is 0. The summed E-state index contributed by atoms with van der Waals surface area (Å²) in [6.07, 6.45) is 0. The molecule has 0 N–H and O–H groups in total. The number of nitrogens with zero attached hydrogens (tertiary/aromatic N) is 4. The van der Waals surface area contributed by atoms with Gasteiger partial charge in [0.25, 0.3) is 0 Å². The minimum Gasteiger partial charge on any atom is -0.656 e. The molecule has 0 heterocycles. The largest absolute Gasteiger partial charge is 4.00 e. The van der Waals surface area contributed by atoms with Crippen molar-refractivity contribution >= 4 is 0 Å². The third-order valence-corrected chi connectivity index (χ3v) is 3.23. The van der Waals surface area contributed by atoms with Crippen LogP contribution in [0.1, 0.15) is 62.3 Å². The third kappa shape index (κ3) is 17.4. The van der Waals surface area contributed by atoms with Crippen molar-refractivity contribution in [2.24, 2.45) is 0 Å². The molecule has 0 rings (SSSR count). The Morgan fingerprint density at radius 3 is 0.917 bits per heavy atom. The van der Waals surface area contributed by atoms with Crippen LogP contribution >= 0.6 is 0 Å². The molecule has 3 atom stereocenters. The molecule has 5 heteroatoms. The first kappa shape index (κ1) is 29.3. The van der Waals surface area contributed by atoms with Gasteiger partial charge in [0, 0.05) is 0 Å². The van der Waals surface area contributed by atoms with E-state index in [1.54, 1.807) is 0 Å². The fourth-order valence-electron chi connectivity index (χ4n) is 3.01. The Balaban J connectivity index is -0.00000220. The number of hydrogen-bond acceptors (Lipinski definition) is 1. The molecule has 0 aliphatic heterocycles. The first-order chi connectivity index (χ1) is 10.1. The van der Waals surface area contributed by atoms with Gasteiger partial charge in [0.2, 0.25) is 0 Å². The average Bonchev–Trinajstić information content (AvgIpc) is 2.23. The van der Waals surface area contributed by atoms with Gasteiger partial charge in [-0.3, -0.25) is 0 Å². The number of hydrogen-bond donors (Lipinski definition) is 0. The predicted octanol–water partition coefficient (Wildman–Crippen LogP) is 5.25. The van der Waals surface area contributed by atoms with E-state index in [1.807, 2.05) is 0 Å². The Hall–Kier alpha value is 0.554. The van der Waals surface area contributed by atoms with Crippen LogP contribution in [0.25, 0.3) is 16.0 Å². The maximum absolute atomic E-state index is 4.75. The zero-order valence-electron chi connectivity index (χ0n) is 17.9. The fourth-order valence-corrected chi connectivity index (χ4v) is 3.01. The van der Waals surface area contributed by atoms with E-state index in [9.17, 15) is 0 Å². The van der Waals surface area contributed by atoms with Gasteiger partial charge in [0.15, 0.2) is 0 Å². The molecule has 4 nitrogen and oxygen atoms in total. The second kappa shape index (κ2) is 15.8. The Morgan fingerprint density at radius 2 is 0.750 bits per heavy atom. The van der Waals surface area contributed by atoms with Gasteiger partial charge in [-0.05, 0) is 19.6 Å². The van der Waals surface area contributed by atoms with Gasteiger partial charge in [-0.25, -0.2) is 0 Å². The van der Waals surface area contributed by atoms with Crippen LogP contribution in [0.2, 0.25) is 0 Å². The van der Waals surface area contributed by atoms with Crippen LogP contribution < -0.4 is 0 Å². The monoisotopic (exact) mass is 374 g/mol. The summed E-state index contributed by atoms with van der Waals surface area (Å²) in [6.45, 7) is 22.5. The molecule has 0 aromatic rings. The molecule has 0 fully saturated rings. The molecular formula is C19H42N4Ti. The van der Waals surface area contributed by atoms with Crippen molar-refractivity contribution in [1.82, 2.24) is 4.90 Å². The van der Waals surface area contributed by atoms with E-state index in [0.29, 0.717) is 36.3 Å². The first-order valence-electron chi connectivity index (χ1n) is 8.92. The summed E-state index contributed by atoms with van der Waals surface area (Å²) in [6, 6.07) is 2.26. The first-order valence-corrected chi connectivity index (χ1v) is 8.92. The zero-order valence-corrected chi connectivity index (χ0v) is 19.4. The molecule has 0 radical (unpaired) electrons. The summed E-state index contributed by atoms with van der Waals surface area (Å²) in [4.78, 5) is 2.49. The second-order valence-electron chi connectivity index (χ2n) is 7.49. The molecule has 0 aromatic heterocycles. The van der Waals surface area contributed by atoms with Crippen molar-refractivity contribution in [2.45, 2.75) is 98.6 Å². The molecular weight excluding hydrogens is 332 g/mol. The van der Waals surface area contributed by atoms with Gasteiger partial charge in [0.05, 0.1) is 0 Å². The predicted molar refractivity (Wildman–Crippen MR) is 107 cm³/mol. The third-order valence-electron chi connectivity index (χ3n) is 3.23. The van der Waals surface area contributed by atoms with Gasteiger partial charge < -0.3 is 28.3 Å². The molecule has 3 unspecified atom stereocenters. The second-order valence-corrected chi connectivity index (χ2v) is 7.49. The van der Waals surface area contributed by atoms with Crippen molar-refractivity contribution in [3.8, 4) is 0 Å². The molecule has 142 valence electrons. The molecule has 0 aliphatic carbocycles. The SMILES string of the molecule is CC(C)[N-]C(C)CN(CC(C)[N-]C(C)C)CC(C)[N-]C(C)C.[CH3-].[Ti+4]. The molecule has 0 bridgehead atoms. The minimum atomic E-state index is 0. The molecule has 0 aliphatic rings. The Morgan fingerprint density at radius 1 is 0.542 bits per heavy atom. The fraction of sp³-hybridized carbons (Fsp3) is 0.947. The van der Waals surface area contributed by atoms with Crippen LogP contribution in [0.3, 0.4) is 0 Å². The zero-order chi connectivity index (χ0) is 17.3. The van der Waals surface area contributed by atoms with Crippen molar-refractivity contribution in [1.29, 1.82) is 0 Å². The van der Waals surface area contributed by atoms with Gasteiger partial charge in [-0.2, -0.15) is 0 Å². The van der Waals surface area contributed by atoms with E-state index >= 15 is 0 Å². The molecule has 0 aromatic carbocycles. The van der Waals surface area contributed by atoms with E-state index in [4.69, 9.17) is 16.0 Å². The quantitative estimate of drug-likeness (QED) is 0.340. The van der Waals surface area contributed by atoms with Crippen molar-refractivity contribution in [3.63, 3.8) is 0 Å². The maximum Gasteiger partial charge on any atom is 4.00 e. The summed E-state index contributed by atoms with van der Waals surface area (Å²) in [5.74, 6) is 0. The van der Waals surface area contributed by atoms with E-state index in [0.717, 1.165) is 19.6 Å². The van der Waals surface area contributed by atoms with Crippen LogP contribution in [0.15, 0.2) is 0 Å². The van der Waals surface area contributed by atoms with Crippen LogP contribution in [-0.4, -0.2) is 60.8 Å². The van der Waals surface area contributed by atoms with Crippen LogP contribution in [0.5, 0.6) is 0 Å². The average molecular weight is 374 g/mol. The Labute approximate surface area is 168 Å². The summed E-state index contributed by atoms with van der Waals surface area (Å²) in [7, 11) is 0. The Kier molecular flexibility index (Phi) is 19.3. The summed E-state index contributed by atoms with van der Waals surface area (Å²) in [5.41, 5.74) is 0. The topological polar surface area (TPSA) is 45.5 Å². The van der Waals surface area contributed by atoms with Crippen LogP contribution in [-0.2, 0) is 21.7 Å². The van der Waals surface area contributed by atoms with Crippen LogP contribution in [0.4, 0.5) is 0 Å². The summed E-state index contributed by atoms with van der Waals surface area (Å²) in [5, 5.41) is 14.3. The molecule has 0 saturated heterocycles. The Bertz CT molecular complexity index is 229. The van der Waals surface area contributed by atoms with E-state index in [2.05, 4.69) is 67.2 Å². The standard InChI is InChI=1S/C18H39N4.CH3.Ti/c1-13(2)19-16(7)10-22(11-17(8)20-14(3)4)12-18(9)21-15(5)6;;/h13-18H,10-12H2,1-9H3;1H3;/q-3;-1;+4. The van der Waals surface area contributed by atoms with Gasteiger partial charge >= 0.3 is 21.7 Å². The van der Waals surface area contributed by atoms with Gasteiger partial charge in [0.1, 0.15) is 0 Å². The van der Waals surface area contributed by atoms with E-state index in [-0.39, 0.29) is 29.1 Å². The maximum atomic E-state index is 4.75. The van der Waals surface area contributed by atoms with Gasteiger partial charge in [-0.1, -0.05) is 62.3 Å². The molecule has 24 heavy (non-hydrogen) atoms. The normalized spacial score (nSPS) is 15.4. The van der Waals surface area contributed by atoms with E-state index in [1.165, 1.54) is 0 Å². The number of rotatable bonds is 12. The van der Waals surface area contributed by atoms with Crippen molar-refractivity contribution < 1.29 is 21.7 Å². The smallest absolute Gasteiger partial charge is 0.656 e. The van der Waals surface area contributed by atoms with Crippen LogP contribution in [0, 0.1) is 7.43 Å². The minimum absolute atomic E-state index is 0. The summed E-state index contributed by atoms with van der Waals surface area (Å²) < 4.78 is 0. The molecule has 0 saturated carbocycles. The molecule has 0 amide bonds. The van der Waals surface area contributed by atoms with E-state index < -0.39 is 0 Å². The van der Waals surface area contributed by atoms with Gasteiger partial charge in [-0.15, -0.1) is 36.3 Å².